The van der Waals surface area contributed by atoms with Gasteiger partial charge in [0.1, 0.15) is 11.6 Å². The van der Waals surface area contributed by atoms with Crippen LogP contribution < -0.4 is 5.32 Å². The van der Waals surface area contributed by atoms with Crippen LogP contribution in [0.3, 0.4) is 0 Å². The van der Waals surface area contributed by atoms with Crippen molar-refractivity contribution >= 4 is 0 Å². The van der Waals surface area contributed by atoms with E-state index in [0.29, 0.717) is 6.54 Å². The minimum Gasteiger partial charge on any atom is -0.310 e. The first-order chi connectivity index (χ1) is 6.16. The van der Waals surface area contributed by atoms with E-state index in [4.69, 9.17) is 0 Å². The molecule has 1 rings (SSSR count). The van der Waals surface area contributed by atoms with Gasteiger partial charge in [0.05, 0.1) is 0 Å². The highest BCUT2D eigenvalue weighted by atomic mass is 19.1. The lowest BCUT2D eigenvalue weighted by molar-refractivity contribution is 0.496. The average Bonchev–Trinajstić information content (AvgIpc) is 2.04. The van der Waals surface area contributed by atoms with Gasteiger partial charge in [-0.1, -0.05) is 13.0 Å². The molecule has 0 heterocycles. The van der Waals surface area contributed by atoms with Crippen molar-refractivity contribution in [2.24, 2.45) is 0 Å². The predicted octanol–water partition coefficient (Wildman–Crippen LogP) is 2.64. The van der Waals surface area contributed by atoms with Crippen molar-refractivity contribution in [1.82, 2.24) is 5.32 Å². The molecule has 1 atom stereocenters. The minimum atomic E-state index is -0.492. The number of nitrogens with one attached hydrogen (secondary N) is 1. The third kappa shape index (κ3) is 2.25. The third-order valence-electron chi connectivity index (χ3n) is 1.94. The zero-order valence-electron chi connectivity index (χ0n) is 7.77. The van der Waals surface area contributed by atoms with Gasteiger partial charge in [-0.05, 0) is 25.6 Å². The molecule has 1 nitrogen and oxygen atoms in total. The second-order valence-electron chi connectivity index (χ2n) is 2.91. The van der Waals surface area contributed by atoms with Crippen LogP contribution in [0.5, 0.6) is 0 Å². The zero-order chi connectivity index (χ0) is 9.84. The third-order valence-corrected chi connectivity index (χ3v) is 1.94. The minimum absolute atomic E-state index is 0.115. The van der Waals surface area contributed by atoms with Crippen LogP contribution in [-0.2, 0) is 0 Å². The van der Waals surface area contributed by atoms with E-state index in [1.54, 1.807) is 6.92 Å². The first kappa shape index (κ1) is 10.1. The first-order valence-corrected chi connectivity index (χ1v) is 4.34. The van der Waals surface area contributed by atoms with E-state index in [9.17, 15) is 8.78 Å². The molecule has 1 unspecified atom stereocenters. The Morgan fingerprint density at radius 1 is 1.31 bits per heavy atom. The van der Waals surface area contributed by atoms with Crippen LogP contribution in [0.15, 0.2) is 18.2 Å². The predicted molar refractivity (Wildman–Crippen MR) is 48.4 cm³/mol. The molecule has 0 amide bonds. The maximum atomic E-state index is 13.1. The molecule has 0 aliphatic carbocycles. The topological polar surface area (TPSA) is 12.0 Å². The molecule has 0 fully saturated rings. The van der Waals surface area contributed by atoms with Crippen molar-refractivity contribution in [2.45, 2.75) is 19.9 Å². The van der Waals surface area contributed by atoms with E-state index < -0.39 is 11.6 Å². The van der Waals surface area contributed by atoms with E-state index >= 15 is 0 Å². The lowest BCUT2D eigenvalue weighted by Crippen LogP contribution is -2.20. The van der Waals surface area contributed by atoms with Gasteiger partial charge in [0.15, 0.2) is 0 Å². The van der Waals surface area contributed by atoms with Crippen LogP contribution >= 0.6 is 0 Å². The molecule has 1 aromatic carbocycles. The molecule has 0 spiro atoms. The van der Waals surface area contributed by atoms with Crippen molar-refractivity contribution in [1.29, 1.82) is 0 Å². The Morgan fingerprint density at radius 2 is 1.85 bits per heavy atom. The van der Waals surface area contributed by atoms with Crippen molar-refractivity contribution in [3.63, 3.8) is 0 Å². The molecule has 0 aromatic heterocycles. The monoisotopic (exact) mass is 185 g/mol. The van der Waals surface area contributed by atoms with E-state index in [0.717, 1.165) is 0 Å². The summed E-state index contributed by atoms with van der Waals surface area (Å²) in [6.07, 6.45) is 0. The van der Waals surface area contributed by atoms with Gasteiger partial charge in [0.25, 0.3) is 0 Å². The quantitative estimate of drug-likeness (QED) is 0.763. The van der Waals surface area contributed by atoms with Gasteiger partial charge < -0.3 is 5.32 Å². The Bertz CT molecular complexity index is 266. The summed E-state index contributed by atoms with van der Waals surface area (Å²) in [5, 5.41) is 2.96. The summed E-state index contributed by atoms with van der Waals surface area (Å²) in [6, 6.07) is 3.62. The molecule has 0 saturated heterocycles. The van der Waals surface area contributed by atoms with Gasteiger partial charge in [-0.15, -0.1) is 0 Å². The van der Waals surface area contributed by atoms with Crippen LogP contribution in [-0.4, -0.2) is 6.54 Å². The number of benzene rings is 1. The Hall–Kier alpha value is -0.960. The number of rotatable bonds is 3. The second-order valence-corrected chi connectivity index (χ2v) is 2.91. The molecule has 13 heavy (non-hydrogen) atoms. The van der Waals surface area contributed by atoms with Crippen LogP contribution in [0.4, 0.5) is 8.78 Å². The normalized spacial score (nSPS) is 12.9. The molecule has 0 aliphatic rings. The Balaban J connectivity index is 2.98. The maximum absolute atomic E-state index is 13.1. The van der Waals surface area contributed by atoms with Gasteiger partial charge in [0.2, 0.25) is 0 Å². The van der Waals surface area contributed by atoms with Crippen LogP contribution in [0, 0.1) is 11.6 Å². The molecule has 72 valence electrons. The van der Waals surface area contributed by atoms with Gasteiger partial charge in [-0.3, -0.25) is 0 Å². The van der Waals surface area contributed by atoms with Crippen molar-refractivity contribution in [3.8, 4) is 0 Å². The second kappa shape index (κ2) is 4.33. The van der Waals surface area contributed by atoms with Gasteiger partial charge in [-0.25, -0.2) is 8.78 Å². The Labute approximate surface area is 76.8 Å². The van der Waals surface area contributed by atoms with Crippen LogP contribution in [0.2, 0.25) is 0 Å². The molecular formula is C10H13F2N. The lowest BCUT2D eigenvalue weighted by Gasteiger charge is -2.13. The molecular weight excluding hydrogens is 172 g/mol. The SMILES string of the molecule is CCNC(C)c1c(F)cccc1F. The fraction of sp³-hybridized carbons (Fsp3) is 0.400. The fourth-order valence-electron chi connectivity index (χ4n) is 1.33. The summed E-state index contributed by atoms with van der Waals surface area (Å²) < 4.78 is 26.3. The highest BCUT2D eigenvalue weighted by molar-refractivity contribution is 5.22. The molecule has 0 saturated carbocycles. The summed E-state index contributed by atoms with van der Waals surface area (Å²) in [6.45, 7) is 4.33. The fourth-order valence-corrected chi connectivity index (χ4v) is 1.33. The van der Waals surface area contributed by atoms with Crippen molar-refractivity contribution in [3.05, 3.63) is 35.4 Å². The summed E-state index contributed by atoms with van der Waals surface area (Å²) in [5.74, 6) is -0.984. The van der Waals surface area contributed by atoms with Crippen LogP contribution in [0.25, 0.3) is 0 Å². The zero-order valence-corrected chi connectivity index (χ0v) is 7.77. The van der Waals surface area contributed by atoms with Gasteiger partial charge >= 0.3 is 0 Å². The highest BCUT2D eigenvalue weighted by Crippen LogP contribution is 2.19. The average molecular weight is 185 g/mol. The summed E-state index contributed by atoms with van der Waals surface area (Å²) >= 11 is 0. The molecule has 1 N–H and O–H groups in total. The number of hydrogen-bond acceptors (Lipinski definition) is 1. The number of hydrogen-bond donors (Lipinski definition) is 1. The summed E-state index contributed by atoms with van der Waals surface area (Å²) in [5.41, 5.74) is 0.115. The highest BCUT2D eigenvalue weighted by Gasteiger charge is 2.14. The Kier molecular flexibility index (Phi) is 3.37. The lowest BCUT2D eigenvalue weighted by atomic mass is 10.1. The largest absolute Gasteiger partial charge is 0.310 e. The standard InChI is InChI=1S/C10H13F2N/c1-3-13-7(2)10-8(11)5-4-6-9(10)12/h4-7,13H,3H2,1-2H3. The van der Waals surface area contributed by atoms with Crippen molar-refractivity contribution < 1.29 is 8.78 Å². The van der Waals surface area contributed by atoms with E-state index in [-0.39, 0.29) is 11.6 Å². The van der Waals surface area contributed by atoms with Gasteiger partial charge in [-0.2, -0.15) is 0 Å². The van der Waals surface area contributed by atoms with Crippen LogP contribution in [0.1, 0.15) is 25.5 Å². The number of halogens is 2. The molecule has 0 aliphatic heterocycles. The molecule has 3 heteroatoms. The van der Waals surface area contributed by atoms with Crippen molar-refractivity contribution in [2.75, 3.05) is 6.54 Å². The molecule has 0 bridgehead atoms. The maximum Gasteiger partial charge on any atom is 0.130 e. The Morgan fingerprint density at radius 3 is 2.31 bits per heavy atom. The van der Waals surface area contributed by atoms with E-state index in [2.05, 4.69) is 5.32 Å². The van der Waals surface area contributed by atoms with E-state index in [1.807, 2.05) is 6.92 Å². The summed E-state index contributed by atoms with van der Waals surface area (Å²) in [4.78, 5) is 0. The molecule has 0 radical (unpaired) electrons. The summed E-state index contributed by atoms with van der Waals surface area (Å²) in [7, 11) is 0. The van der Waals surface area contributed by atoms with E-state index in [1.165, 1.54) is 18.2 Å². The first-order valence-electron chi connectivity index (χ1n) is 4.34. The van der Waals surface area contributed by atoms with Gasteiger partial charge in [0, 0.05) is 11.6 Å². The molecule has 1 aromatic rings. The smallest absolute Gasteiger partial charge is 0.130 e.